The maximum Gasteiger partial charge on any atom is 0.173 e. The Morgan fingerprint density at radius 2 is 2.06 bits per heavy atom. The molecule has 2 nitrogen and oxygen atoms in total. The van der Waals surface area contributed by atoms with Crippen molar-refractivity contribution in [2.24, 2.45) is 5.73 Å². The number of hydrogen-bond donors (Lipinski definition) is 1. The van der Waals surface area contributed by atoms with Gasteiger partial charge in [0, 0.05) is 6.04 Å². The minimum absolute atomic E-state index is 0.115. The molecule has 0 amide bonds. The van der Waals surface area contributed by atoms with Crippen LogP contribution in [0.3, 0.4) is 0 Å². The first-order valence-corrected chi connectivity index (χ1v) is 6.85. The van der Waals surface area contributed by atoms with Gasteiger partial charge in [-0.1, -0.05) is 37.8 Å². The molecule has 1 aromatic carbocycles. The first-order valence-electron chi connectivity index (χ1n) is 6.47. The van der Waals surface area contributed by atoms with E-state index in [1.54, 1.807) is 13.0 Å². The van der Waals surface area contributed by atoms with Crippen LogP contribution in [0.4, 0.5) is 4.39 Å². The molecule has 0 aliphatic carbocycles. The third-order valence-electron chi connectivity index (χ3n) is 2.86. The number of nitrogens with two attached hydrogens (primary N) is 1. The summed E-state index contributed by atoms with van der Waals surface area (Å²) in [5, 5.41) is 0.290. The summed E-state index contributed by atoms with van der Waals surface area (Å²) in [6.07, 6.45) is 4.17. The molecular weight excluding hydrogens is 253 g/mol. The third-order valence-corrected chi connectivity index (χ3v) is 3.14. The molecule has 0 unspecified atom stereocenters. The lowest BCUT2D eigenvalue weighted by molar-refractivity contribution is 0.321. The second-order valence-corrected chi connectivity index (χ2v) is 4.76. The van der Waals surface area contributed by atoms with E-state index in [1.165, 1.54) is 6.07 Å². The first-order chi connectivity index (χ1) is 8.60. The lowest BCUT2D eigenvalue weighted by atomic mass is 10.0. The van der Waals surface area contributed by atoms with Gasteiger partial charge in [0.2, 0.25) is 0 Å². The van der Waals surface area contributed by atoms with Crippen molar-refractivity contribution in [3.63, 3.8) is 0 Å². The third kappa shape index (κ3) is 4.14. The lowest BCUT2D eigenvalue weighted by Crippen LogP contribution is -2.11. The van der Waals surface area contributed by atoms with Crippen LogP contribution in [0.2, 0.25) is 5.02 Å². The van der Waals surface area contributed by atoms with Crippen molar-refractivity contribution in [1.29, 1.82) is 0 Å². The van der Waals surface area contributed by atoms with Crippen molar-refractivity contribution in [1.82, 2.24) is 0 Å². The Labute approximate surface area is 113 Å². The molecular formula is C14H21ClFNO. The van der Waals surface area contributed by atoms with E-state index in [1.807, 2.05) is 0 Å². The van der Waals surface area contributed by atoms with Crippen LogP contribution in [-0.2, 0) is 0 Å². The second-order valence-electron chi connectivity index (χ2n) is 4.35. The van der Waals surface area contributed by atoms with Gasteiger partial charge in [-0.05, 0) is 31.0 Å². The molecule has 0 saturated heterocycles. The number of ether oxygens (including phenoxy) is 1. The first kappa shape index (κ1) is 15.3. The van der Waals surface area contributed by atoms with Crippen molar-refractivity contribution >= 4 is 11.6 Å². The maximum atomic E-state index is 13.8. The topological polar surface area (TPSA) is 35.2 Å². The van der Waals surface area contributed by atoms with Gasteiger partial charge < -0.3 is 10.5 Å². The molecule has 0 spiro atoms. The molecule has 0 bridgehead atoms. The zero-order valence-corrected chi connectivity index (χ0v) is 11.8. The Morgan fingerprint density at radius 1 is 1.33 bits per heavy atom. The average Bonchev–Trinajstić information content (AvgIpc) is 2.33. The summed E-state index contributed by atoms with van der Waals surface area (Å²) >= 11 is 6.00. The molecule has 0 aliphatic rings. The highest BCUT2D eigenvalue weighted by Crippen LogP contribution is 2.32. The lowest BCUT2D eigenvalue weighted by Gasteiger charge is -2.14. The largest absolute Gasteiger partial charge is 0.489 e. The molecule has 1 rings (SSSR count). The summed E-state index contributed by atoms with van der Waals surface area (Å²) in [5.74, 6) is -0.325. The number of hydrogen-bond acceptors (Lipinski definition) is 2. The molecule has 18 heavy (non-hydrogen) atoms. The number of rotatable bonds is 7. The van der Waals surface area contributed by atoms with Gasteiger partial charge >= 0.3 is 0 Å². The van der Waals surface area contributed by atoms with E-state index in [4.69, 9.17) is 22.1 Å². The Hall–Kier alpha value is -0.800. The van der Waals surface area contributed by atoms with Gasteiger partial charge in [0.15, 0.2) is 11.6 Å². The number of unbranched alkanes of at least 4 members (excludes halogenated alkanes) is 2. The summed E-state index contributed by atoms with van der Waals surface area (Å²) in [6.45, 7) is 4.32. The Morgan fingerprint density at radius 3 is 2.61 bits per heavy atom. The number of halogens is 2. The Balaban J connectivity index is 2.78. The van der Waals surface area contributed by atoms with Crippen LogP contribution in [0.1, 0.15) is 51.1 Å². The molecule has 0 heterocycles. The summed E-state index contributed by atoms with van der Waals surface area (Å²) in [4.78, 5) is 0. The highest BCUT2D eigenvalue weighted by molar-refractivity contribution is 6.32. The van der Waals surface area contributed by atoms with Crippen LogP contribution in [0.15, 0.2) is 12.1 Å². The predicted molar refractivity (Wildman–Crippen MR) is 73.6 cm³/mol. The second kappa shape index (κ2) is 7.59. The molecule has 2 N–H and O–H groups in total. The summed E-state index contributed by atoms with van der Waals surface area (Å²) < 4.78 is 18.9. The van der Waals surface area contributed by atoms with E-state index in [9.17, 15) is 4.39 Å². The fourth-order valence-corrected chi connectivity index (χ4v) is 2.13. The maximum absolute atomic E-state index is 13.8. The van der Waals surface area contributed by atoms with Crippen LogP contribution in [0.5, 0.6) is 5.75 Å². The van der Waals surface area contributed by atoms with Gasteiger partial charge in [-0.15, -0.1) is 0 Å². The summed E-state index contributed by atoms with van der Waals surface area (Å²) in [6, 6.07) is 2.96. The molecule has 0 aliphatic heterocycles. The molecule has 102 valence electrons. The van der Waals surface area contributed by atoms with Crippen molar-refractivity contribution in [2.45, 2.75) is 45.6 Å². The molecule has 0 radical (unpaired) electrons. The minimum Gasteiger partial charge on any atom is -0.489 e. The van der Waals surface area contributed by atoms with Gasteiger partial charge in [-0.2, -0.15) is 0 Å². The monoisotopic (exact) mass is 273 g/mol. The fourth-order valence-electron chi connectivity index (χ4n) is 1.86. The summed E-state index contributed by atoms with van der Waals surface area (Å²) in [7, 11) is 0. The van der Waals surface area contributed by atoms with Crippen LogP contribution < -0.4 is 10.5 Å². The van der Waals surface area contributed by atoms with E-state index >= 15 is 0 Å². The fraction of sp³-hybridized carbons (Fsp3) is 0.571. The molecule has 4 heteroatoms. The highest BCUT2D eigenvalue weighted by Gasteiger charge is 2.14. The average molecular weight is 274 g/mol. The Kier molecular flexibility index (Phi) is 6.44. The van der Waals surface area contributed by atoms with E-state index in [-0.39, 0.29) is 16.8 Å². The standard InChI is InChI=1S/C14H21ClFNO/c1-3-5-6-7-13(17)10-8-11(15)14(18-4-2)12(16)9-10/h8-9,13H,3-7,17H2,1-2H3/t13-/m0/s1. The van der Waals surface area contributed by atoms with Gasteiger partial charge in [0.05, 0.1) is 11.6 Å². The molecule has 0 saturated carbocycles. The normalized spacial score (nSPS) is 12.5. The van der Waals surface area contributed by atoms with Crippen LogP contribution in [-0.4, -0.2) is 6.61 Å². The minimum atomic E-state index is -0.440. The Bertz CT molecular complexity index is 361. The molecule has 0 aromatic heterocycles. The van der Waals surface area contributed by atoms with Gasteiger partial charge in [0.25, 0.3) is 0 Å². The predicted octanol–water partition coefficient (Wildman–Crippen LogP) is 4.46. The van der Waals surface area contributed by atoms with E-state index in [0.717, 1.165) is 31.2 Å². The smallest absolute Gasteiger partial charge is 0.173 e. The SMILES string of the molecule is CCCCC[C@H](N)c1cc(F)c(OCC)c(Cl)c1. The molecule has 0 fully saturated rings. The summed E-state index contributed by atoms with van der Waals surface area (Å²) in [5.41, 5.74) is 6.76. The van der Waals surface area contributed by atoms with Crippen LogP contribution >= 0.6 is 11.6 Å². The van der Waals surface area contributed by atoms with Crippen molar-refractivity contribution in [3.8, 4) is 5.75 Å². The van der Waals surface area contributed by atoms with Gasteiger partial charge in [-0.3, -0.25) is 0 Å². The molecule has 1 aromatic rings. The molecule has 1 atom stereocenters. The van der Waals surface area contributed by atoms with Crippen molar-refractivity contribution in [2.75, 3.05) is 6.61 Å². The van der Waals surface area contributed by atoms with Crippen molar-refractivity contribution < 1.29 is 9.13 Å². The number of benzene rings is 1. The van der Waals surface area contributed by atoms with E-state index in [0.29, 0.717) is 6.61 Å². The van der Waals surface area contributed by atoms with Gasteiger partial charge in [0.1, 0.15) is 0 Å². The van der Waals surface area contributed by atoms with E-state index < -0.39 is 5.82 Å². The van der Waals surface area contributed by atoms with E-state index in [2.05, 4.69) is 6.92 Å². The zero-order valence-electron chi connectivity index (χ0n) is 11.0. The van der Waals surface area contributed by atoms with Gasteiger partial charge in [-0.25, -0.2) is 4.39 Å². The quantitative estimate of drug-likeness (QED) is 0.745. The van der Waals surface area contributed by atoms with Crippen LogP contribution in [0, 0.1) is 5.82 Å². The van der Waals surface area contributed by atoms with Crippen LogP contribution in [0.25, 0.3) is 0 Å². The van der Waals surface area contributed by atoms with Crippen molar-refractivity contribution in [3.05, 3.63) is 28.5 Å². The zero-order chi connectivity index (χ0) is 13.5. The highest BCUT2D eigenvalue weighted by atomic mass is 35.5.